The number of fused-ring (bicyclic) bond motifs is 1. The maximum absolute atomic E-state index is 13.3. The first-order valence-corrected chi connectivity index (χ1v) is 7.51. The van der Waals surface area contributed by atoms with Crippen LogP contribution in [0.4, 0.5) is 10.1 Å². The molecule has 3 heteroatoms. The fourth-order valence-electron chi connectivity index (χ4n) is 3.85. The summed E-state index contributed by atoms with van der Waals surface area (Å²) in [5.41, 5.74) is 7.85. The number of benzene rings is 1. The predicted molar refractivity (Wildman–Crippen MR) is 76.6 cm³/mol. The Bertz CT molecular complexity index is 446. The Labute approximate surface area is 114 Å². The van der Waals surface area contributed by atoms with Crippen LogP contribution in [0.1, 0.15) is 37.7 Å². The van der Waals surface area contributed by atoms with E-state index >= 15 is 0 Å². The van der Waals surface area contributed by atoms with Crippen LogP contribution in [0, 0.1) is 17.7 Å². The molecule has 2 aliphatic rings. The quantitative estimate of drug-likeness (QED) is 0.886. The van der Waals surface area contributed by atoms with E-state index < -0.39 is 0 Å². The Kier molecular flexibility index (Phi) is 3.74. The molecule has 0 bridgehead atoms. The van der Waals surface area contributed by atoms with E-state index in [-0.39, 0.29) is 5.82 Å². The van der Waals surface area contributed by atoms with E-state index in [1.807, 2.05) is 6.07 Å². The van der Waals surface area contributed by atoms with Crippen molar-refractivity contribution in [2.45, 2.75) is 38.6 Å². The molecule has 2 atom stereocenters. The molecule has 0 aromatic heterocycles. The van der Waals surface area contributed by atoms with Crippen LogP contribution >= 0.6 is 0 Å². The minimum atomic E-state index is -0.184. The van der Waals surface area contributed by atoms with Gasteiger partial charge in [0.2, 0.25) is 0 Å². The maximum atomic E-state index is 13.3. The predicted octanol–water partition coefficient (Wildman–Crippen LogP) is 3.30. The Morgan fingerprint density at radius 3 is 2.74 bits per heavy atom. The summed E-state index contributed by atoms with van der Waals surface area (Å²) < 4.78 is 13.3. The van der Waals surface area contributed by atoms with Crippen molar-refractivity contribution in [3.8, 4) is 0 Å². The first kappa shape index (κ1) is 12.9. The highest BCUT2D eigenvalue weighted by Gasteiger charge is 2.31. The molecular weight excluding hydrogens is 239 g/mol. The Morgan fingerprint density at radius 1 is 1.16 bits per heavy atom. The van der Waals surface area contributed by atoms with Gasteiger partial charge in [0.25, 0.3) is 0 Å². The average Bonchev–Trinajstić information content (AvgIpc) is 2.46. The first-order chi connectivity index (χ1) is 9.28. The average molecular weight is 262 g/mol. The van der Waals surface area contributed by atoms with Gasteiger partial charge in [-0.2, -0.15) is 0 Å². The summed E-state index contributed by atoms with van der Waals surface area (Å²) in [5.74, 6) is 1.57. The number of anilines is 1. The molecule has 19 heavy (non-hydrogen) atoms. The molecule has 0 spiro atoms. The van der Waals surface area contributed by atoms with Gasteiger partial charge < -0.3 is 10.6 Å². The van der Waals surface area contributed by atoms with Crippen LogP contribution in [0.3, 0.4) is 0 Å². The summed E-state index contributed by atoms with van der Waals surface area (Å²) in [5, 5.41) is 0. The van der Waals surface area contributed by atoms with E-state index in [4.69, 9.17) is 5.73 Å². The number of hydrogen-bond acceptors (Lipinski definition) is 2. The summed E-state index contributed by atoms with van der Waals surface area (Å²) in [6, 6.07) is 5.05. The van der Waals surface area contributed by atoms with Crippen LogP contribution in [-0.4, -0.2) is 13.1 Å². The fraction of sp³-hybridized carbons (Fsp3) is 0.625. The molecule has 1 aromatic rings. The van der Waals surface area contributed by atoms with Gasteiger partial charge in [-0.25, -0.2) is 4.39 Å². The van der Waals surface area contributed by atoms with Crippen molar-refractivity contribution < 1.29 is 4.39 Å². The number of nitrogens with two attached hydrogens (primary N) is 1. The molecule has 1 aliphatic heterocycles. The van der Waals surface area contributed by atoms with Gasteiger partial charge in [0, 0.05) is 25.3 Å². The minimum absolute atomic E-state index is 0.184. The van der Waals surface area contributed by atoms with Crippen molar-refractivity contribution in [2.24, 2.45) is 17.6 Å². The van der Waals surface area contributed by atoms with Crippen molar-refractivity contribution in [3.63, 3.8) is 0 Å². The monoisotopic (exact) mass is 262 g/mol. The lowest BCUT2D eigenvalue weighted by molar-refractivity contribution is 0.202. The zero-order chi connectivity index (χ0) is 13.2. The molecular formula is C16H23FN2. The van der Waals surface area contributed by atoms with Crippen LogP contribution in [0.25, 0.3) is 0 Å². The van der Waals surface area contributed by atoms with Gasteiger partial charge >= 0.3 is 0 Å². The lowest BCUT2D eigenvalue weighted by atomic mass is 9.75. The summed E-state index contributed by atoms with van der Waals surface area (Å²) in [4.78, 5) is 2.42. The number of hydrogen-bond donors (Lipinski definition) is 1. The second kappa shape index (κ2) is 5.49. The Morgan fingerprint density at radius 2 is 1.95 bits per heavy atom. The maximum Gasteiger partial charge on any atom is 0.123 e. The number of piperidine rings is 1. The molecule has 1 aliphatic carbocycles. The van der Waals surface area contributed by atoms with Gasteiger partial charge in [-0.3, -0.25) is 0 Å². The van der Waals surface area contributed by atoms with E-state index in [2.05, 4.69) is 4.90 Å². The largest absolute Gasteiger partial charge is 0.371 e. The molecule has 2 N–H and O–H groups in total. The molecule has 3 rings (SSSR count). The standard InChI is InChI=1S/C16H23FN2/c17-15-5-6-16(14(9-15)10-18)19-8-7-12-3-1-2-4-13(12)11-19/h5-6,9,12-13H,1-4,7-8,10-11,18H2. The smallest absolute Gasteiger partial charge is 0.123 e. The number of nitrogens with zero attached hydrogens (tertiary/aromatic N) is 1. The SMILES string of the molecule is NCc1cc(F)ccc1N1CCC2CCCCC2C1. The molecule has 1 saturated carbocycles. The Balaban J connectivity index is 1.79. The first-order valence-electron chi connectivity index (χ1n) is 7.51. The van der Waals surface area contributed by atoms with E-state index in [0.717, 1.165) is 36.2 Å². The second-order valence-electron chi connectivity index (χ2n) is 6.02. The van der Waals surface area contributed by atoms with Crippen molar-refractivity contribution in [3.05, 3.63) is 29.6 Å². The highest BCUT2D eigenvalue weighted by atomic mass is 19.1. The van der Waals surface area contributed by atoms with Crippen molar-refractivity contribution in [2.75, 3.05) is 18.0 Å². The number of halogens is 1. The highest BCUT2D eigenvalue weighted by Crippen LogP contribution is 2.38. The lowest BCUT2D eigenvalue weighted by Crippen LogP contribution is -2.42. The molecule has 2 nitrogen and oxygen atoms in total. The van der Waals surface area contributed by atoms with Gasteiger partial charge in [0.15, 0.2) is 0 Å². The zero-order valence-electron chi connectivity index (χ0n) is 11.4. The third-order valence-electron chi connectivity index (χ3n) is 4.89. The van der Waals surface area contributed by atoms with Gasteiger partial charge in [-0.05, 0) is 48.4 Å². The van der Waals surface area contributed by atoms with Crippen LogP contribution in [0.2, 0.25) is 0 Å². The summed E-state index contributed by atoms with van der Waals surface area (Å²) in [7, 11) is 0. The third kappa shape index (κ3) is 2.62. The fourth-order valence-corrected chi connectivity index (χ4v) is 3.85. The normalized spacial score (nSPS) is 27.2. The van der Waals surface area contributed by atoms with Gasteiger partial charge in [0.05, 0.1) is 0 Å². The van der Waals surface area contributed by atoms with E-state index in [9.17, 15) is 4.39 Å². The van der Waals surface area contributed by atoms with E-state index in [0.29, 0.717) is 6.54 Å². The van der Waals surface area contributed by atoms with Crippen LogP contribution < -0.4 is 10.6 Å². The second-order valence-corrected chi connectivity index (χ2v) is 6.02. The Hall–Kier alpha value is -1.09. The molecule has 2 unspecified atom stereocenters. The zero-order valence-corrected chi connectivity index (χ0v) is 11.4. The summed E-state index contributed by atoms with van der Waals surface area (Å²) in [6.45, 7) is 2.64. The molecule has 2 fully saturated rings. The number of rotatable bonds is 2. The summed E-state index contributed by atoms with van der Waals surface area (Å²) >= 11 is 0. The molecule has 1 saturated heterocycles. The molecule has 0 amide bonds. The van der Waals surface area contributed by atoms with Crippen molar-refractivity contribution >= 4 is 5.69 Å². The molecule has 1 aromatic carbocycles. The lowest BCUT2D eigenvalue weighted by Gasteiger charge is -2.42. The minimum Gasteiger partial charge on any atom is -0.371 e. The van der Waals surface area contributed by atoms with Crippen LogP contribution in [0.15, 0.2) is 18.2 Å². The van der Waals surface area contributed by atoms with E-state index in [1.165, 1.54) is 32.1 Å². The highest BCUT2D eigenvalue weighted by molar-refractivity contribution is 5.54. The van der Waals surface area contributed by atoms with Crippen molar-refractivity contribution in [1.29, 1.82) is 0 Å². The van der Waals surface area contributed by atoms with E-state index in [1.54, 1.807) is 12.1 Å². The van der Waals surface area contributed by atoms with Gasteiger partial charge in [-0.15, -0.1) is 0 Å². The van der Waals surface area contributed by atoms with Gasteiger partial charge in [0.1, 0.15) is 5.82 Å². The third-order valence-corrected chi connectivity index (χ3v) is 4.89. The van der Waals surface area contributed by atoms with Crippen molar-refractivity contribution in [1.82, 2.24) is 0 Å². The van der Waals surface area contributed by atoms with Crippen LogP contribution in [0.5, 0.6) is 0 Å². The summed E-state index contributed by atoms with van der Waals surface area (Å²) in [6.07, 6.45) is 6.84. The molecule has 1 heterocycles. The van der Waals surface area contributed by atoms with Crippen LogP contribution in [-0.2, 0) is 6.54 Å². The molecule has 0 radical (unpaired) electrons. The topological polar surface area (TPSA) is 29.3 Å². The van der Waals surface area contributed by atoms with Gasteiger partial charge in [-0.1, -0.05) is 19.3 Å². The molecule has 104 valence electrons.